The maximum absolute atomic E-state index is 13.4. The maximum atomic E-state index is 13.4. The first-order valence-corrected chi connectivity index (χ1v) is 5.66. The molecule has 1 aromatic carbocycles. The van der Waals surface area contributed by atoms with Crippen LogP contribution in [0, 0.1) is 19.7 Å². The molecule has 1 heterocycles. The summed E-state index contributed by atoms with van der Waals surface area (Å²) >= 11 is 0. The van der Waals surface area contributed by atoms with E-state index in [1.807, 2.05) is 32.0 Å². The van der Waals surface area contributed by atoms with Crippen LogP contribution >= 0.6 is 0 Å². The first-order valence-electron chi connectivity index (χ1n) is 5.66. The van der Waals surface area contributed by atoms with E-state index in [9.17, 15) is 4.39 Å². The van der Waals surface area contributed by atoms with E-state index in [1.165, 1.54) is 6.07 Å². The predicted molar refractivity (Wildman–Crippen MR) is 66.6 cm³/mol. The van der Waals surface area contributed by atoms with Crippen LogP contribution in [0.3, 0.4) is 0 Å². The Labute approximate surface area is 100 Å². The lowest BCUT2D eigenvalue weighted by Crippen LogP contribution is -2.07. The van der Waals surface area contributed by atoms with Crippen molar-refractivity contribution in [2.24, 2.45) is 0 Å². The number of benzene rings is 1. The lowest BCUT2D eigenvalue weighted by atomic mass is 10.1. The van der Waals surface area contributed by atoms with Gasteiger partial charge in [-0.1, -0.05) is 6.07 Å². The van der Waals surface area contributed by atoms with Crippen molar-refractivity contribution in [3.63, 3.8) is 0 Å². The van der Waals surface area contributed by atoms with Gasteiger partial charge in [0.2, 0.25) is 0 Å². The fraction of sp³-hybridized carbons (Fsp3) is 0.286. The number of nitrogens with one attached hydrogen (secondary N) is 1. The molecule has 3 heteroatoms. The second kappa shape index (κ2) is 4.62. The highest BCUT2D eigenvalue weighted by Crippen LogP contribution is 2.24. The second-order valence-electron chi connectivity index (χ2n) is 4.23. The minimum Gasteiger partial charge on any atom is -0.464 e. The quantitative estimate of drug-likeness (QED) is 0.859. The zero-order valence-electron chi connectivity index (χ0n) is 10.3. The Balaban J connectivity index is 2.18. The van der Waals surface area contributed by atoms with Crippen molar-refractivity contribution < 1.29 is 8.81 Å². The lowest BCUT2D eigenvalue weighted by molar-refractivity contribution is 0.466. The molecule has 0 aliphatic heterocycles. The van der Waals surface area contributed by atoms with Gasteiger partial charge in [0, 0.05) is 11.3 Å². The summed E-state index contributed by atoms with van der Waals surface area (Å²) in [5, 5.41) is 3.25. The summed E-state index contributed by atoms with van der Waals surface area (Å²) in [7, 11) is 0. The molecule has 0 spiro atoms. The minimum absolute atomic E-state index is 0.0178. The maximum Gasteiger partial charge on any atom is 0.128 e. The Morgan fingerprint density at radius 1 is 1.18 bits per heavy atom. The number of hydrogen-bond donors (Lipinski definition) is 1. The van der Waals surface area contributed by atoms with Gasteiger partial charge in [0.25, 0.3) is 0 Å². The largest absolute Gasteiger partial charge is 0.464 e. The van der Waals surface area contributed by atoms with Crippen LogP contribution in [-0.2, 0) is 0 Å². The van der Waals surface area contributed by atoms with Gasteiger partial charge >= 0.3 is 0 Å². The monoisotopic (exact) mass is 233 g/mol. The van der Waals surface area contributed by atoms with Crippen molar-refractivity contribution in [2.45, 2.75) is 26.8 Å². The molecule has 17 heavy (non-hydrogen) atoms. The van der Waals surface area contributed by atoms with Gasteiger partial charge in [-0.25, -0.2) is 4.39 Å². The number of halogens is 1. The highest BCUT2D eigenvalue weighted by molar-refractivity contribution is 5.52. The topological polar surface area (TPSA) is 25.2 Å². The van der Waals surface area contributed by atoms with Crippen molar-refractivity contribution in [1.82, 2.24) is 0 Å². The summed E-state index contributed by atoms with van der Waals surface area (Å²) < 4.78 is 18.9. The van der Waals surface area contributed by atoms with Crippen molar-refractivity contribution >= 4 is 5.69 Å². The Hall–Kier alpha value is -1.77. The molecule has 0 aliphatic carbocycles. The highest BCUT2D eigenvalue weighted by Gasteiger charge is 2.11. The minimum atomic E-state index is -0.196. The summed E-state index contributed by atoms with van der Waals surface area (Å²) in [6.45, 7) is 5.66. The molecule has 0 saturated carbocycles. The summed E-state index contributed by atoms with van der Waals surface area (Å²) in [5.74, 6) is 1.54. The Bertz CT molecular complexity index is 519. The summed E-state index contributed by atoms with van der Waals surface area (Å²) in [6, 6.07) is 8.90. The van der Waals surface area contributed by atoms with Crippen LogP contribution in [0.15, 0.2) is 34.7 Å². The van der Waals surface area contributed by atoms with Crippen molar-refractivity contribution in [3.05, 3.63) is 53.2 Å². The molecule has 0 fully saturated rings. The van der Waals surface area contributed by atoms with E-state index in [4.69, 9.17) is 4.42 Å². The average molecular weight is 233 g/mol. The van der Waals surface area contributed by atoms with E-state index >= 15 is 0 Å². The molecule has 0 aliphatic rings. The van der Waals surface area contributed by atoms with Crippen LogP contribution in [-0.4, -0.2) is 0 Å². The SMILES string of the molecule is Cc1ccc(C(C)Nc2cccc(F)c2C)o1. The molecule has 90 valence electrons. The average Bonchev–Trinajstić information content (AvgIpc) is 2.72. The van der Waals surface area contributed by atoms with E-state index in [1.54, 1.807) is 13.0 Å². The van der Waals surface area contributed by atoms with E-state index < -0.39 is 0 Å². The van der Waals surface area contributed by atoms with E-state index in [-0.39, 0.29) is 11.9 Å². The molecule has 2 nitrogen and oxygen atoms in total. The van der Waals surface area contributed by atoms with Crippen LogP contribution in [0.2, 0.25) is 0 Å². The van der Waals surface area contributed by atoms with Gasteiger partial charge in [0.05, 0.1) is 6.04 Å². The van der Waals surface area contributed by atoms with Crippen molar-refractivity contribution in [1.29, 1.82) is 0 Å². The molecule has 0 saturated heterocycles. The van der Waals surface area contributed by atoms with Gasteiger partial charge in [-0.3, -0.25) is 0 Å². The van der Waals surface area contributed by atoms with Gasteiger partial charge in [-0.2, -0.15) is 0 Å². The molecule has 2 rings (SSSR count). The zero-order chi connectivity index (χ0) is 12.4. The highest BCUT2D eigenvalue weighted by atomic mass is 19.1. The lowest BCUT2D eigenvalue weighted by Gasteiger charge is -2.15. The van der Waals surface area contributed by atoms with Crippen molar-refractivity contribution in [3.8, 4) is 0 Å². The van der Waals surface area contributed by atoms with E-state index in [0.717, 1.165) is 17.2 Å². The third kappa shape index (κ3) is 2.49. The van der Waals surface area contributed by atoms with Gasteiger partial charge < -0.3 is 9.73 Å². The van der Waals surface area contributed by atoms with Gasteiger partial charge in [-0.15, -0.1) is 0 Å². The van der Waals surface area contributed by atoms with Crippen LogP contribution in [0.4, 0.5) is 10.1 Å². The molecule has 0 radical (unpaired) electrons. The summed E-state index contributed by atoms with van der Waals surface area (Å²) in [6.07, 6.45) is 0. The normalized spacial score (nSPS) is 12.5. The van der Waals surface area contributed by atoms with E-state index in [2.05, 4.69) is 5.32 Å². The van der Waals surface area contributed by atoms with Crippen LogP contribution in [0.1, 0.15) is 30.0 Å². The molecule has 1 N–H and O–H groups in total. The predicted octanol–water partition coefficient (Wildman–Crippen LogP) is 4.21. The fourth-order valence-corrected chi connectivity index (χ4v) is 1.75. The third-order valence-electron chi connectivity index (χ3n) is 2.83. The zero-order valence-corrected chi connectivity index (χ0v) is 10.3. The number of hydrogen-bond acceptors (Lipinski definition) is 2. The number of anilines is 1. The van der Waals surface area contributed by atoms with Crippen LogP contribution in [0.5, 0.6) is 0 Å². The number of furan rings is 1. The molecule has 0 bridgehead atoms. The number of aryl methyl sites for hydroxylation is 1. The van der Waals surface area contributed by atoms with Gasteiger partial charge in [0.1, 0.15) is 17.3 Å². The molecule has 2 aromatic rings. The molecule has 1 atom stereocenters. The second-order valence-corrected chi connectivity index (χ2v) is 4.23. The van der Waals surface area contributed by atoms with Gasteiger partial charge in [0.15, 0.2) is 0 Å². The molecule has 1 aromatic heterocycles. The molecular formula is C14H16FNO. The number of rotatable bonds is 3. The molecule has 1 unspecified atom stereocenters. The van der Waals surface area contributed by atoms with Crippen LogP contribution in [0.25, 0.3) is 0 Å². The van der Waals surface area contributed by atoms with E-state index in [0.29, 0.717) is 5.56 Å². The van der Waals surface area contributed by atoms with Crippen LogP contribution < -0.4 is 5.32 Å². The standard InChI is InChI=1S/C14H16FNO/c1-9-7-8-14(17-9)11(3)16-13-6-4-5-12(15)10(13)2/h4-8,11,16H,1-3H3. The summed E-state index contributed by atoms with van der Waals surface area (Å²) in [5.41, 5.74) is 1.43. The Morgan fingerprint density at radius 3 is 2.59 bits per heavy atom. The first-order chi connectivity index (χ1) is 8.08. The molecular weight excluding hydrogens is 217 g/mol. The Morgan fingerprint density at radius 2 is 1.94 bits per heavy atom. The fourth-order valence-electron chi connectivity index (χ4n) is 1.75. The van der Waals surface area contributed by atoms with Gasteiger partial charge in [-0.05, 0) is 45.0 Å². The summed E-state index contributed by atoms with van der Waals surface area (Å²) in [4.78, 5) is 0. The first kappa shape index (κ1) is 11.7. The third-order valence-corrected chi connectivity index (χ3v) is 2.83. The van der Waals surface area contributed by atoms with Crippen molar-refractivity contribution in [2.75, 3.05) is 5.32 Å². The Kier molecular flexibility index (Phi) is 3.18. The smallest absolute Gasteiger partial charge is 0.128 e. The molecule has 0 amide bonds.